The zero-order valence-electron chi connectivity index (χ0n) is 15.1. The van der Waals surface area contributed by atoms with Crippen molar-refractivity contribution in [1.82, 2.24) is 4.98 Å². The Bertz CT molecular complexity index is 1020. The fourth-order valence-corrected chi connectivity index (χ4v) is 3.56. The number of halogens is 1. The maximum absolute atomic E-state index is 11.6. The van der Waals surface area contributed by atoms with Gasteiger partial charge in [0, 0.05) is 29.7 Å². The molecule has 0 spiro atoms. The van der Waals surface area contributed by atoms with Crippen LogP contribution in [0.15, 0.2) is 48.7 Å². The molecule has 1 fully saturated rings. The number of aromatic nitrogens is 1. The number of carbonyl (C=O) groups is 1. The Morgan fingerprint density at radius 2 is 1.93 bits per heavy atom. The Kier molecular flexibility index (Phi) is 5.32. The molecule has 1 saturated heterocycles. The molecule has 0 amide bonds. The molecule has 3 aromatic rings. The first-order valence-electron chi connectivity index (χ1n) is 9.14. The van der Waals surface area contributed by atoms with E-state index in [0.717, 1.165) is 48.3 Å². The van der Waals surface area contributed by atoms with E-state index in [1.165, 1.54) is 0 Å². The first-order valence-corrected chi connectivity index (χ1v) is 9.51. The second kappa shape index (κ2) is 8.04. The van der Waals surface area contributed by atoms with E-state index in [1.807, 2.05) is 12.1 Å². The highest BCUT2D eigenvalue weighted by Crippen LogP contribution is 2.36. The van der Waals surface area contributed by atoms with Gasteiger partial charge < -0.3 is 20.5 Å². The van der Waals surface area contributed by atoms with Crippen LogP contribution in [0.1, 0.15) is 23.2 Å². The van der Waals surface area contributed by atoms with E-state index in [9.17, 15) is 9.90 Å². The van der Waals surface area contributed by atoms with Crippen molar-refractivity contribution in [2.75, 3.05) is 23.8 Å². The summed E-state index contributed by atoms with van der Waals surface area (Å²) in [4.78, 5) is 16.2. The fraction of sp³-hybridized carbons (Fsp3) is 0.238. The molecule has 0 atom stereocenters. The molecule has 2 aromatic carbocycles. The number of carboxylic acid groups (broad SMARTS) is 1. The van der Waals surface area contributed by atoms with Crippen molar-refractivity contribution >= 4 is 45.5 Å². The van der Waals surface area contributed by atoms with Gasteiger partial charge in [-0.3, -0.25) is 4.98 Å². The molecule has 1 aliphatic rings. The second-order valence-corrected chi connectivity index (χ2v) is 7.15. The SMILES string of the molecule is O=C(O)c1ccccc1Nc1c(NC2CCOCC2)cnc2ccc(Cl)cc12. The zero-order chi connectivity index (χ0) is 19.5. The number of hydrogen-bond donors (Lipinski definition) is 3. The van der Waals surface area contributed by atoms with Crippen LogP contribution in [0.5, 0.6) is 0 Å². The van der Waals surface area contributed by atoms with Gasteiger partial charge in [0.05, 0.1) is 34.3 Å². The average molecular weight is 398 g/mol. The lowest BCUT2D eigenvalue weighted by atomic mass is 10.1. The molecule has 2 heterocycles. The van der Waals surface area contributed by atoms with Gasteiger partial charge in [-0.15, -0.1) is 0 Å². The summed E-state index contributed by atoms with van der Waals surface area (Å²) in [6.07, 6.45) is 3.58. The maximum Gasteiger partial charge on any atom is 0.337 e. The Balaban J connectivity index is 1.80. The smallest absolute Gasteiger partial charge is 0.337 e. The molecule has 4 rings (SSSR count). The molecule has 1 aliphatic heterocycles. The van der Waals surface area contributed by atoms with Crippen molar-refractivity contribution in [1.29, 1.82) is 0 Å². The third-order valence-electron chi connectivity index (χ3n) is 4.83. The number of pyridine rings is 1. The quantitative estimate of drug-likeness (QED) is 0.566. The number of ether oxygens (including phenoxy) is 1. The highest BCUT2D eigenvalue weighted by molar-refractivity contribution is 6.31. The normalized spacial score (nSPS) is 14.8. The van der Waals surface area contributed by atoms with Crippen LogP contribution in [0.3, 0.4) is 0 Å². The summed E-state index contributed by atoms with van der Waals surface area (Å²) in [7, 11) is 0. The zero-order valence-corrected chi connectivity index (χ0v) is 15.9. The van der Waals surface area contributed by atoms with Crippen LogP contribution in [0.25, 0.3) is 10.9 Å². The second-order valence-electron chi connectivity index (χ2n) is 6.72. The van der Waals surface area contributed by atoms with E-state index < -0.39 is 5.97 Å². The number of nitrogens with zero attached hydrogens (tertiary/aromatic N) is 1. The lowest BCUT2D eigenvalue weighted by Crippen LogP contribution is -2.28. The highest BCUT2D eigenvalue weighted by Gasteiger charge is 2.18. The predicted octanol–water partition coefficient (Wildman–Crippen LogP) is 4.92. The minimum absolute atomic E-state index is 0.200. The van der Waals surface area contributed by atoms with Crippen molar-refractivity contribution in [3.8, 4) is 0 Å². The van der Waals surface area contributed by atoms with Crippen LogP contribution in [0, 0.1) is 0 Å². The largest absolute Gasteiger partial charge is 0.478 e. The monoisotopic (exact) mass is 397 g/mol. The highest BCUT2D eigenvalue weighted by atomic mass is 35.5. The van der Waals surface area contributed by atoms with Crippen LogP contribution >= 0.6 is 11.6 Å². The first-order chi connectivity index (χ1) is 13.6. The Morgan fingerprint density at radius 3 is 2.71 bits per heavy atom. The van der Waals surface area contributed by atoms with E-state index in [2.05, 4.69) is 15.6 Å². The van der Waals surface area contributed by atoms with Crippen LogP contribution in [0.4, 0.5) is 17.1 Å². The Hall–Kier alpha value is -2.83. The minimum Gasteiger partial charge on any atom is -0.478 e. The minimum atomic E-state index is -0.988. The van der Waals surface area contributed by atoms with Gasteiger partial charge in [0.1, 0.15) is 0 Å². The van der Waals surface area contributed by atoms with Crippen molar-refractivity contribution in [2.45, 2.75) is 18.9 Å². The lowest BCUT2D eigenvalue weighted by molar-refractivity contribution is 0.0698. The number of fused-ring (bicyclic) bond motifs is 1. The lowest BCUT2D eigenvalue weighted by Gasteiger charge is -2.26. The van der Waals surface area contributed by atoms with Gasteiger partial charge in [0.15, 0.2) is 0 Å². The summed E-state index contributed by atoms with van der Waals surface area (Å²) in [5, 5.41) is 17.8. The van der Waals surface area contributed by atoms with Crippen LogP contribution < -0.4 is 10.6 Å². The van der Waals surface area contributed by atoms with Gasteiger partial charge in [-0.2, -0.15) is 0 Å². The Morgan fingerprint density at radius 1 is 1.14 bits per heavy atom. The summed E-state index contributed by atoms with van der Waals surface area (Å²) in [6.45, 7) is 1.43. The van der Waals surface area contributed by atoms with Gasteiger partial charge in [0.2, 0.25) is 0 Å². The predicted molar refractivity (Wildman–Crippen MR) is 111 cm³/mol. The Labute approximate surface area is 167 Å². The maximum atomic E-state index is 11.6. The molecule has 28 heavy (non-hydrogen) atoms. The molecule has 3 N–H and O–H groups in total. The van der Waals surface area contributed by atoms with Gasteiger partial charge in [-0.1, -0.05) is 23.7 Å². The van der Waals surface area contributed by atoms with E-state index >= 15 is 0 Å². The number of aromatic carboxylic acids is 1. The molecular formula is C21H20ClN3O3. The van der Waals surface area contributed by atoms with Gasteiger partial charge in [-0.25, -0.2) is 4.79 Å². The van der Waals surface area contributed by atoms with Crippen LogP contribution in [0.2, 0.25) is 5.02 Å². The number of para-hydroxylation sites is 1. The molecule has 0 aliphatic carbocycles. The van der Waals surface area contributed by atoms with Gasteiger partial charge in [0.25, 0.3) is 0 Å². The number of carboxylic acids is 1. The molecular weight excluding hydrogens is 378 g/mol. The summed E-state index contributed by atoms with van der Waals surface area (Å²) >= 11 is 6.23. The standard InChI is InChI=1S/C21H20ClN3O3/c22-13-5-6-17-16(11-13)20(25-18-4-2-1-3-15(18)21(26)27)19(12-23-17)24-14-7-9-28-10-8-14/h1-6,11-12,14,24H,7-10H2,(H,23,25)(H,26,27). The van der Waals surface area contributed by atoms with E-state index in [-0.39, 0.29) is 11.6 Å². The molecule has 0 bridgehead atoms. The number of nitrogens with one attached hydrogen (secondary N) is 2. The number of anilines is 3. The third kappa shape index (κ3) is 3.88. The molecule has 0 saturated carbocycles. The molecule has 1 aromatic heterocycles. The van der Waals surface area contributed by atoms with Crippen molar-refractivity contribution < 1.29 is 14.6 Å². The topological polar surface area (TPSA) is 83.5 Å². The van der Waals surface area contributed by atoms with E-state index in [1.54, 1.807) is 36.5 Å². The summed E-state index contributed by atoms with van der Waals surface area (Å²) in [5.41, 5.74) is 3.05. The number of benzene rings is 2. The van der Waals surface area contributed by atoms with Crippen molar-refractivity contribution in [2.24, 2.45) is 0 Å². The van der Waals surface area contributed by atoms with Crippen molar-refractivity contribution in [3.63, 3.8) is 0 Å². The molecule has 7 heteroatoms. The number of hydrogen-bond acceptors (Lipinski definition) is 5. The molecule has 0 radical (unpaired) electrons. The van der Waals surface area contributed by atoms with Crippen LogP contribution in [-0.4, -0.2) is 35.3 Å². The van der Waals surface area contributed by atoms with Gasteiger partial charge in [-0.05, 0) is 43.2 Å². The third-order valence-corrected chi connectivity index (χ3v) is 5.06. The van der Waals surface area contributed by atoms with Crippen LogP contribution in [-0.2, 0) is 4.74 Å². The first kappa shape index (κ1) is 18.5. The summed E-state index contributed by atoms with van der Waals surface area (Å²) < 4.78 is 5.44. The average Bonchev–Trinajstić information content (AvgIpc) is 2.71. The van der Waals surface area contributed by atoms with Crippen molar-refractivity contribution in [3.05, 3.63) is 59.2 Å². The molecule has 6 nitrogen and oxygen atoms in total. The molecule has 144 valence electrons. The molecule has 0 unspecified atom stereocenters. The van der Waals surface area contributed by atoms with Gasteiger partial charge >= 0.3 is 5.97 Å². The number of rotatable bonds is 5. The fourth-order valence-electron chi connectivity index (χ4n) is 3.38. The summed E-state index contributed by atoms with van der Waals surface area (Å²) in [6, 6.07) is 12.6. The summed E-state index contributed by atoms with van der Waals surface area (Å²) in [5.74, 6) is -0.988. The van der Waals surface area contributed by atoms with E-state index in [4.69, 9.17) is 16.3 Å². The van der Waals surface area contributed by atoms with E-state index in [0.29, 0.717) is 10.7 Å².